The summed E-state index contributed by atoms with van der Waals surface area (Å²) in [5.41, 5.74) is -2.13. The van der Waals surface area contributed by atoms with E-state index in [4.69, 9.17) is 37.9 Å². The Hall–Kier alpha value is -6.28. The molecule has 4 N–H and O–H groups in total. The van der Waals surface area contributed by atoms with Crippen LogP contribution in [-0.4, -0.2) is 117 Å². The fourth-order valence-electron chi connectivity index (χ4n) is 12.3. The van der Waals surface area contributed by atoms with Crippen molar-refractivity contribution in [3.05, 3.63) is 99.2 Å². The molecule has 3 amide bonds. The fourth-order valence-corrected chi connectivity index (χ4v) is 12.3. The van der Waals surface area contributed by atoms with E-state index in [1.807, 2.05) is 66.7 Å². The monoisotopic (exact) mass is 1060 g/mol. The zero-order chi connectivity index (χ0) is 55.3. The van der Waals surface area contributed by atoms with Crippen LogP contribution in [0.1, 0.15) is 140 Å². The molecule has 3 aliphatic carbocycles. The Morgan fingerprint density at radius 1 is 0.909 bits per heavy atom. The van der Waals surface area contributed by atoms with Crippen molar-refractivity contribution in [2.75, 3.05) is 6.61 Å². The second-order valence-electron chi connectivity index (χ2n) is 23.3. The van der Waals surface area contributed by atoms with Gasteiger partial charge in [-0.1, -0.05) is 35.5 Å². The summed E-state index contributed by atoms with van der Waals surface area (Å²) in [6, 6.07) is 4.95. The van der Waals surface area contributed by atoms with Gasteiger partial charge in [0.15, 0.2) is 34.3 Å². The van der Waals surface area contributed by atoms with E-state index in [1.54, 1.807) is 32.9 Å². The largest absolute Gasteiger partial charge is 0.482 e. The van der Waals surface area contributed by atoms with E-state index in [-0.39, 0.29) is 77.6 Å². The van der Waals surface area contributed by atoms with Crippen molar-refractivity contribution in [2.45, 2.75) is 179 Å². The minimum absolute atomic E-state index is 0.0328. The summed E-state index contributed by atoms with van der Waals surface area (Å²) >= 11 is 0. The van der Waals surface area contributed by atoms with Crippen LogP contribution in [0.5, 0.6) is 23.0 Å². The average Bonchev–Trinajstić information content (AvgIpc) is 3.62. The second-order valence-corrected chi connectivity index (χ2v) is 23.3. The number of hydrogen-bond donors (Lipinski definition) is 4. The van der Waals surface area contributed by atoms with Crippen molar-refractivity contribution in [1.29, 1.82) is 0 Å². The highest BCUT2D eigenvalue weighted by molar-refractivity contribution is 6.19. The lowest BCUT2D eigenvalue weighted by Gasteiger charge is -2.56. The van der Waals surface area contributed by atoms with Crippen LogP contribution in [0.25, 0.3) is 6.08 Å². The maximum absolute atomic E-state index is 16.0. The third-order valence-corrected chi connectivity index (χ3v) is 16.2. The number of esters is 1. The van der Waals surface area contributed by atoms with Crippen LogP contribution in [0, 0.1) is 11.8 Å². The van der Waals surface area contributed by atoms with E-state index in [2.05, 4.69) is 16.7 Å². The first-order valence-corrected chi connectivity index (χ1v) is 26.5. The quantitative estimate of drug-likeness (QED) is 0.0546. The van der Waals surface area contributed by atoms with Crippen LogP contribution < -0.4 is 29.6 Å². The Bertz CT molecular complexity index is 3010. The third kappa shape index (κ3) is 9.37. The maximum atomic E-state index is 16.0. The molecule has 4 saturated heterocycles. The molecule has 4 bridgehead atoms. The molecule has 11 rings (SSSR count). The number of carbonyl (C=O) groups is 6. The number of aliphatic hydroxyl groups excluding tert-OH is 2. The molecule has 9 aliphatic rings. The van der Waals surface area contributed by atoms with E-state index in [0.717, 1.165) is 11.1 Å². The topological polar surface area (TPSA) is 241 Å². The first-order chi connectivity index (χ1) is 36.3. The van der Waals surface area contributed by atoms with E-state index >= 15 is 9.59 Å². The Kier molecular flexibility index (Phi) is 13.7. The number of hydrogen-bond acceptors (Lipinski definition) is 16. The lowest BCUT2D eigenvalue weighted by molar-refractivity contribution is -0.373. The number of Topliss-reactive ketones (excluding diaryl/α,β-unsaturated/α-hetero) is 2. The first-order valence-electron chi connectivity index (χ1n) is 26.5. The summed E-state index contributed by atoms with van der Waals surface area (Å²) in [6.45, 7) is 18.7. The van der Waals surface area contributed by atoms with Gasteiger partial charge in [0.05, 0.1) is 23.3 Å². The number of rotatable bonds is 13. The Morgan fingerprint density at radius 3 is 2.34 bits per heavy atom. The molecule has 18 nitrogen and oxygen atoms in total. The van der Waals surface area contributed by atoms with Crippen molar-refractivity contribution in [1.82, 2.24) is 10.6 Å². The molecule has 11 atom stereocenters. The molecule has 6 aliphatic heterocycles. The van der Waals surface area contributed by atoms with Gasteiger partial charge in [0.1, 0.15) is 58.9 Å². The minimum atomic E-state index is -1.82. The van der Waals surface area contributed by atoms with Crippen LogP contribution in [0.15, 0.2) is 76.9 Å². The SMILES string of the molecule is CC(C)=CCCC1(C)C=Cc2c(c(CC=C(C)C)c3c(c2OC(=O)c2ccc(O[C@@H]4O[C@@H]5COC(C)(C)O[C@H]5[C@H](O)[C@H]4O)cc2)C(=O)C2=CC4CC5C(C)(C)OC(C/C=C(/C)C(=O)NC6CCC(=O)NC6=O)(C4=O)C25O3)O1. The number of piperidine rings is 1. The summed E-state index contributed by atoms with van der Waals surface area (Å²) in [6.07, 6.45) is 7.16. The molecule has 6 unspecified atom stereocenters. The molecule has 6 heterocycles. The van der Waals surface area contributed by atoms with E-state index in [0.29, 0.717) is 36.1 Å². The van der Waals surface area contributed by atoms with E-state index in [1.165, 1.54) is 24.3 Å². The number of aliphatic hydroxyl groups is 2. The number of carbonyl (C=O) groups excluding carboxylic acids is 6. The highest BCUT2D eigenvalue weighted by atomic mass is 16.8. The summed E-state index contributed by atoms with van der Waals surface area (Å²) in [5.74, 6) is -5.10. The molecule has 0 radical (unpaired) electrons. The zero-order valence-corrected chi connectivity index (χ0v) is 45.2. The van der Waals surface area contributed by atoms with Crippen LogP contribution in [0.2, 0.25) is 0 Å². The second kappa shape index (κ2) is 19.6. The fraction of sp³-hybridized carbons (Fsp3) is 0.525. The standard InChI is InChI=1S/C59H68N2O16/c1-29(2)12-11-23-57(10)24-22-36-46(75-57)35(18-13-30(3)4)48-42(47(36)73-53(69)32-14-16-34(17-15-32)71-54-45(65)44(64)49-39(72-54)28-70-56(8,9)74-49)43(63)37-26-33-27-40-55(6,7)77-58(50(33)66,59(37,40)76-48)25-21-31(5)51(67)60-38-19-20-41(62)61-52(38)68/h12-17,21-22,24,26,33,38-40,44-45,49,54,64-65H,11,18-20,23,25,27-28H2,1-10H3,(H,60,67)(H,61,62,68)/b31-21-/t33?,38?,39-,40?,44-,45-,49-,54-,57?,58?,59?/m1/s1. The van der Waals surface area contributed by atoms with Gasteiger partial charge in [-0.05, 0) is 138 Å². The van der Waals surface area contributed by atoms with Gasteiger partial charge < -0.3 is 53.4 Å². The molecule has 2 aromatic carbocycles. The van der Waals surface area contributed by atoms with Crippen molar-refractivity contribution in [3.63, 3.8) is 0 Å². The molecule has 410 valence electrons. The van der Waals surface area contributed by atoms with Gasteiger partial charge in [0.2, 0.25) is 24.0 Å². The van der Waals surface area contributed by atoms with Crippen molar-refractivity contribution in [2.24, 2.45) is 11.8 Å². The van der Waals surface area contributed by atoms with Gasteiger partial charge in [-0.2, -0.15) is 0 Å². The Labute approximate surface area is 447 Å². The summed E-state index contributed by atoms with van der Waals surface area (Å²) < 4.78 is 51.6. The number of imide groups is 1. The molecular weight excluding hydrogens is 993 g/mol. The third-order valence-electron chi connectivity index (χ3n) is 16.2. The predicted octanol–water partition coefficient (Wildman–Crippen LogP) is 6.57. The van der Waals surface area contributed by atoms with Gasteiger partial charge >= 0.3 is 5.97 Å². The number of fused-ring (bicyclic) bond motifs is 3. The molecule has 2 aromatic rings. The molecule has 1 spiro atoms. The van der Waals surface area contributed by atoms with Gasteiger partial charge in [0.25, 0.3) is 0 Å². The lowest BCUT2D eigenvalue weighted by Crippen LogP contribution is -2.72. The first kappa shape index (κ1) is 54.1. The number of benzene rings is 2. The summed E-state index contributed by atoms with van der Waals surface area (Å²) in [7, 11) is 0. The normalized spacial score (nSPS) is 32.9. The lowest BCUT2D eigenvalue weighted by atomic mass is 9.51. The average molecular weight is 1060 g/mol. The predicted molar refractivity (Wildman–Crippen MR) is 277 cm³/mol. The number of amides is 3. The van der Waals surface area contributed by atoms with Crippen LogP contribution in [0.3, 0.4) is 0 Å². The number of nitrogens with one attached hydrogen (secondary N) is 2. The van der Waals surface area contributed by atoms with Crippen LogP contribution in [0.4, 0.5) is 0 Å². The smallest absolute Gasteiger partial charge is 0.343 e. The van der Waals surface area contributed by atoms with Crippen molar-refractivity contribution < 1.29 is 76.9 Å². The van der Waals surface area contributed by atoms with Crippen LogP contribution in [-0.2, 0) is 44.5 Å². The number of ketones is 2. The van der Waals surface area contributed by atoms with Crippen molar-refractivity contribution >= 4 is 41.3 Å². The molecule has 5 fully saturated rings. The van der Waals surface area contributed by atoms with E-state index in [9.17, 15) is 29.4 Å². The highest BCUT2D eigenvalue weighted by Gasteiger charge is 2.81. The Morgan fingerprint density at radius 2 is 1.64 bits per heavy atom. The zero-order valence-electron chi connectivity index (χ0n) is 45.2. The van der Waals surface area contributed by atoms with Gasteiger partial charge in [-0.15, -0.1) is 0 Å². The van der Waals surface area contributed by atoms with Crippen LogP contribution >= 0.6 is 0 Å². The molecule has 0 aromatic heterocycles. The molecular formula is C59H68N2O16. The Balaban J connectivity index is 1.04. The number of allylic oxidation sites excluding steroid dienone is 5. The maximum Gasteiger partial charge on any atom is 0.343 e. The minimum Gasteiger partial charge on any atom is -0.482 e. The number of ether oxygens (including phenoxy) is 8. The highest BCUT2D eigenvalue weighted by Crippen LogP contribution is 2.69. The summed E-state index contributed by atoms with van der Waals surface area (Å²) in [4.78, 5) is 83.8. The van der Waals surface area contributed by atoms with Gasteiger partial charge in [0, 0.05) is 41.4 Å². The van der Waals surface area contributed by atoms with Gasteiger partial charge in [-0.25, -0.2) is 4.79 Å². The molecule has 1 saturated carbocycles. The van der Waals surface area contributed by atoms with Gasteiger partial charge in [-0.3, -0.25) is 29.3 Å². The van der Waals surface area contributed by atoms with E-state index < -0.39 is 106 Å². The molecule has 77 heavy (non-hydrogen) atoms. The molecule has 18 heteroatoms. The summed E-state index contributed by atoms with van der Waals surface area (Å²) in [5, 5.41) is 27.0. The van der Waals surface area contributed by atoms with Crippen molar-refractivity contribution in [3.8, 4) is 23.0 Å².